The van der Waals surface area contributed by atoms with Crippen molar-refractivity contribution in [2.45, 2.75) is 52.4 Å². The lowest BCUT2D eigenvalue weighted by Gasteiger charge is -2.14. The molecule has 0 radical (unpaired) electrons. The van der Waals surface area contributed by atoms with Crippen LogP contribution in [0.15, 0.2) is 24.3 Å². The van der Waals surface area contributed by atoms with Crippen molar-refractivity contribution in [2.75, 3.05) is 13.2 Å². The molecule has 2 rings (SSSR count). The van der Waals surface area contributed by atoms with Crippen LogP contribution in [0.2, 0.25) is 0 Å². The Balaban J connectivity index is 2.33. The summed E-state index contributed by atoms with van der Waals surface area (Å²) in [4.78, 5) is 0. The topological polar surface area (TPSA) is 66.0 Å². The minimum atomic E-state index is 0.383. The van der Waals surface area contributed by atoms with Gasteiger partial charge in [0.1, 0.15) is 12.1 Å². The molecule has 0 spiro atoms. The van der Waals surface area contributed by atoms with Crippen molar-refractivity contribution in [2.24, 2.45) is 0 Å². The first-order valence-electron chi connectivity index (χ1n) is 9.41. The van der Waals surface area contributed by atoms with Crippen LogP contribution in [0, 0.1) is 22.7 Å². The first-order valence-corrected chi connectivity index (χ1v) is 9.41. The van der Waals surface area contributed by atoms with E-state index < -0.39 is 0 Å². The van der Waals surface area contributed by atoms with Gasteiger partial charge in [-0.05, 0) is 47.9 Å². The minimum absolute atomic E-state index is 0.383. The van der Waals surface area contributed by atoms with Gasteiger partial charge in [0.25, 0.3) is 0 Å². The molecule has 0 bridgehead atoms. The molecule has 0 atom stereocenters. The lowest BCUT2D eigenvalue weighted by Crippen LogP contribution is -2.03. The van der Waals surface area contributed by atoms with Crippen molar-refractivity contribution in [3.8, 4) is 23.6 Å². The van der Waals surface area contributed by atoms with Crippen LogP contribution in [0.5, 0.6) is 11.5 Å². The van der Waals surface area contributed by atoms with E-state index in [1.54, 1.807) is 12.1 Å². The van der Waals surface area contributed by atoms with Gasteiger partial charge in [0.15, 0.2) is 11.5 Å². The number of ether oxygens (including phenoxy) is 2. The number of nitrogens with zero attached hydrogens (tertiary/aromatic N) is 2. The molecule has 0 heterocycles. The summed E-state index contributed by atoms with van der Waals surface area (Å²) in [6.45, 7) is 5.61. The first kappa shape index (κ1) is 19.6. The van der Waals surface area contributed by atoms with E-state index in [2.05, 4.69) is 26.0 Å². The van der Waals surface area contributed by atoms with Gasteiger partial charge in [-0.15, -0.1) is 0 Å². The van der Waals surface area contributed by atoms with Crippen LogP contribution in [-0.2, 0) is 0 Å². The Kier molecular flexibility index (Phi) is 7.77. The molecule has 0 aromatic heterocycles. The smallest absolute Gasteiger partial charge is 0.161 e. The fraction of sp³-hybridized carbons (Fsp3) is 0.455. The molecule has 0 aliphatic carbocycles. The molecule has 0 fully saturated rings. The van der Waals surface area contributed by atoms with Crippen LogP contribution in [0.1, 0.15) is 63.5 Å². The maximum atomic E-state index is 9.24. The maximum Gasteiger partial charge on any atom is 0.161 e. The van der Waals surface area contributed by atoms with E-state index in [-0.39, 0.29) is 0 Å². The highest BCUT2D eigenvalue weighted by molar-refractivity contribution is 5.89. The Morgan fingerprint density at radius 1 is 0.692 bits per heavy atom. The van der Waals surface area contributed by atoms with Gasteiger partial charge in [-0.3, -0.25) is 0 Å². The quantitative estimate of drug-likeness (QED) is 0.514. The number of benzene rings is 2. The maximum absolute atomic E-state index is 9.24. The fourth-order valence-electron chi connectivity index (χ4n) is 2.79. The highest BCUT2D eigenvalue weighted by atomic mass is 16.5. The van der Waals surface area contributed by atoms with Crippen molar-refractivity contribution < 1.29 is 9.47 Å². The third kappa shape index (κ3) is 5.14. The van der Waals surface area contributed by atoms with Crippen molar-refractivity contribution >= 4 is 10.8 Å². The van der Waals surface area contributed by atoms with Crippen LogP contribution >= 0.6 is 0 Å². The predicted molar refractivity (Wildman–Crippen MR) is 103 cm³/mol. The lowest BCUT2D eigenvalue weighted by atomic mass is 10.0. The summed E-state index contributed by atoms with van der Waals surface area (Å²) in [6.07, 6.45) is 6.55. The average molecular weight is 350 g/mol. The van der Waals surface area contributed by atoms with Gasteiger partial charge in [0.05, 0.1) is 24.3 Å². The van der Waals surface area contributed by atoms with Gasteiger partial charge in [0, 0.05) is 0 Å². The van der Waals surface area contributed by atoms with Crippen LogP contribution in [0.3, 0.4) is 0 Å². The summed E-state index contributed by atoms with van der Waals surface area (Å²) >= 11 is 0. The zero-order valence-electron chi connectivity index (χ0n) is 15.7. The number of unbranched alkanes of at least 4 members (excludes halogenated alkanes) is 4. The number of fused-ring (bicyclic) bond motifs is 1. The van der Waals surface area contributed by atoms with E-state index in [0.717, 1.165) is 49.3 Å². The molecule has 0 unspecified atom stereocenters. The molecule has 4 heteroatoms. The number of rotatable bonds is 10. The van der Waals surface area contributed by atoms with Gasteiger partial charge in [-0.25, -0.2) is 0 Å². The van der Waals surface area contributed by atoms with E-state index in [0.29, 0.717) is 35.8 Å². The van der Waals surface area contributed by atoms with Crippen molar-refractivity contribution in [1.82, 2.24) is 0 Å². The van der Waals surface area contributed by atoms with Crippen LogP contribution in [0.25, 0.3) is 10.8 Å². The molecular formula is C22H26N2O2. The second kappa shape index (κ2) is 10.3. The standard InChI is InChI=1S/C22H26N2O2/c1-3-5-7-9-25-21-13-17-11-19(15-23)20(16-24)12-18(17)14-22(21)26-10-8-6-4-2/h11-14H,3-10H2,1-2H3. The molecule has 2 aromatic rings. The Bertz CT molecular complexity index is 747. The molecule has 0 aliphatic rings. The van der Waals surface area contributed by atoms with E-state index in [4.69, 9.17) is 9.47 Å². The Morgan fingerprint density at radius 3 is 1.46 bits per heavy atom. The van der Waals surface area contributed by atoms with E-state index in [9.17, 15) is 10.5 Å². The van der Waals surface area contributed by atoms with Gasteiger partial charge in [-0.2, -0.15) is 10.5 Å². The molecule has 4 nitrogen and oxygen atoms in total. The molecule has 2 aromatic carbocycles. The van der Waals surface area contributed by atoms with Gasteiger partial charge in [-0.1, -0.05) is 39.5 Å². The SMILES string of the molecule is CCCCCOc1cc2cc(C#N)c(C#N)cc2cc1OCCCCC. The largest absolute Gasteiger partial charge is 0.490 e. The van der Waals surface area contributed by atoms with Crippen molar-refractivity contribution in [3.05, 3.63) is 35.4 Å². The molecule has 0 saturated heterocycles. The fourth-order valence-corrected chi connectivity index (χ4v) is 2.79. The minimum Gasteiger partial charge on any atom is -0.490 e. The monoisotopic (exact) mass is 350 g/mol. The molecule has 26 heavy (non-hydrogen) atoms. The zero-order valence-corrected chi connectivity index (χ0v) is 15.7. The average Bonchev–Trinajstić information content (AvgIpc) is 2.67. The summed E-state index contributed by atoms with van der Waals surface area (Å²) < 4.78 is 11.9. The van der Waals surface area contributed by atoms with Gasteiger partial charge in [0.2, 0.25) is 0 Å². The normalized spacial score (nSPS) is 10.3. The molecule has 0 amide bonds. The summed E-state index contributed by atoms with van der Waals surface area (Å²) in [5, 5.41) is 20.2. The van der Waals surface area contributed by atoms with Gasteiger partial charge < -0.3 is 9.47 Å². The predicted octanol–water partition coefficient (Wildman–Crippen LogP) is 5.72. The summed E-state index contributed by atoms with van der Waals surface area (Å²) in [5.74, 6) is 1.41. The van der Waals surface area contributed by atoms with Crippen LogP contribution in [0.4, 0.5) is 0 Å². The molecule has 0 saturated carbocycles. The zero-order chi connectivity index (χ0) is 18.8. The van der Waals surface area contributed by atoms with Crippen LogP contribution < -0.4 is 9.47 Å². The highest BCUT2D eigenvalue weighted by Crippen LogP contribution is 2.34. The van der Waals surface area contributed by atoms with E-state index in [1.807, 2.05) is 12.1 Å². The van der Waals surface area contributed by atoms with Crippen molar-refractivity contribution in [1.29, 1.82) is 10.5 Å². The second-order valence-corrected chi connectivity index (χ2v) is 6.38. The molecule has 0 N–H and O–H groups in total. The number of hydrogen-bond donors (Lipinski definition) is 0. The summed E-state index contributed by atoms with van der Waals surface area (Å²) in [6, 6.07) is 11.5. The molecular weight excluding hydrogens is 324 g/mol. The Morgan fingerprint density at radius 2 is 1.12 bits per heavy atom. The summed E-state index contributed by atoms with van der Waals surface area (Å²) in [5.41, 5.74) is 0.766. The van der Waals surface area contributed by atoms with E-state index in [1.165, 1.54) is 0 Å². The summed E-state index contributed by atoms with van der Waals surface area (Å²) in [7, 11) is 0. The Labute approximate surface area is 156 Å². The first-order chi connectivity index (χ1) is 12.7. The second-order valence-electron chi connectivity index (χ2n) is 6.38. The lowest BCUT2D eigenvalue weighted by molar-refractivity contribution is 0.260. The van der Waals surface area contributed by atoms with Gasteiger partial charge >= 0.3 is 0 Å². The molecule has 0 aliphatic heterocycles. The molecule has 136 valence electrons. The van der Waals surface area contributed by atoms with E-state index >= 15 is 0 Å². The third-order valence-electron chi connectivity index (χ3n) is 4.29. The van der Waals surface area contributed by atoms with Crippen LogP contribution in [-0.4, -0.2) is 13.2 Å². The number of hydrogen-bond acceptors (Lipinski definition) is 4. The Hall–Kier alpha value is -2.72. The van der Waals surface area contributed by atoms with Crippen molar-refractivity contribution in [3.63, 3.8) is 0 Å². The highest BCUT2D eigenvalue weighted by Gasteiger charge is 2.11. The number of nitriles is 2. The third-order valence-corrected chi connectivity index (χ3v) is 4.29.